The standard InChI is InChI=1S/C22H21F3N2O3S/c1-14-19(15(2)30-26-14)13-31-20-7-5-4-6-18(20)21(28)27(3)12-16-8-10-17(11-9-16)29-22(23,24)25/h4-11H,12-13H2,1-3H3. The highest BCUT2D eigenvalue weighted by molar-refractivity contribution is 7.98. The van der Waals surface area contributed by atoms with Crippen molar-refractivity contribution in [2.75, 3.05) is 7.05 Å². The summed E-state index contributed by atoms with van der Waals surface area (Å²) in [7, 11) is 1.65. The molecule has 1 heterocycles. The van der Waals surface area contributed by atoms with Crippen molar-refractivity contribution in [1.29, 1.82) is 0 Å². The molecule has 31 heavy (non-hydrogen) atoms. The van der Waals surface area contributed by atoms with E-state index < -0.39 is 6.36 Å². The molecule has 0 bridgehead atoms. The highest BCUT2D eigenvalue weighted by atomic mass is 32.2. The maximum atomic E-state index is 13.0. The zero-order chi connectivity index (χ0) is 22.6. The summed E-state index contributed by atoms with van der Waals surface area (Å²) in [6, 6.07) is 12.8. The molecule has 3 rings (SSSR count). The molecule has 0 radical (unpaired) electrons. The maximum absolute atomic E-state index is 13.0. The van der Waals surface area contributed by atoms with Gasteiger partial charge in [-0.2, -0.15) is 0 Å². The van der Waals surface area contributed by atoms with Gasteiger partial charge in [0.25, 0.3) is 5.91 Å². The van der Waals surface area contributed by atoms with Crippen LogP contribution in [0.4, 0.5) is 13.2 Å². The number of thioether (sulfide) groups is 1. The second-order valence-corrected chi connectivity index (χ2v) is 7.96. The van der Waals surface area contributed by atoms with Crippen LogP contribution in [0.15, 0.2) is 57.9 Å². The Bertz CT molecular complexity index is 1030. The Labute approximate surface area is 182 Å². The molecule has 1 aromatic heterocycles. The highest BCUT2D eigenvalue weighted by Crippen LogP contribution is 2.30. The van der Waals surface area contributed by atoms with Crippen LogP contribution in [0, 0.1) is 13.8 Å². The van der Waals surface area contributed by atoms with Crippen molar-refractivity contribution in [2.45, 2.75) is 37.4 Å². The van der Waals surface area contributed by atoms with Gasteiger partial charge in [0.05, 0.1) is 11.3 Å². The van der Waals surface area contributed by atoms with Crippen LogP contribution in [0.5, 0.6) is 5.75 Å². The van der Waals surface area contributed by atoms with E-state index in [-0.39, 0.29) is 18.2 Å². The molecule has 164 valence electrons. The molecule has 3 aromatic rings. The second-order valence-electron chi connectivity index (χ2n) is 6.94. The van der Waals surface area contributed by atoms with E-state index in [1.54, 1.807) is 19.2 Å². The third-order valence-corrected chi connectivity index (χ3v) is 5.69. The Balaban J connectivity index is 1.68. The first-order valence-electron chi connectivity index (χ1n) is 9.38. The summed E-state index contributed by atoms with van der Waals surface area (Å²) in [5, 5.41) is 3.95. The Morgan fingerprint density at radius 1 is 1.13 bits per heavy atom. The number of carbonyl (C=O) groups excluding carboxylic acids is 1. The first kappa shape index (κ1) is 22.7. The van der Waals surface area contributed by atoms with Crippen molar-refractivity contribution in [3.8, 4) is 5.75 Å². The monoisotopic (exact) mass is 450 g/mol. The zero-order valence-corrected chi connectivity index (χ0v) is 18.0. The lowest BCUT2D eigenvalue weighted by molar-refractivity contribution is -0.274. The third-order valence-electron chi connectivity index (χ3n) is 4.59. The molecular weight excluding hydrogens is 429 g/mol. The zero-order valence-electron chi connectivity index (χ0n) is 17.2. The van der Waals surface area contributed by atoms with E-state index in [0.29, 0.717) is 16.9 Å². The largest absolute Gasteiger partial charge is 0.573 e. The minimum Gasteiger partial charge on any atom is -0.406 e. The minimum absolute atomic E-state index is 0.183. The minimum atomic E-state index is -4.74. The summed E-state index contributed by atoms with van der Waals surface area (Å²) in [5.74, 6) is 0.892. The topological polar surface area (TPSA) is 55.6 Å². The molecule has 0 saturated carbocycles. The number of benzene rings is 2. The molecule has 0 unspecified atom stereocenters. The van der Waals surface area contributed by atoms with Crippen molar-refractivity contribution in [1.82, 2.24) is 10.1 Å². The van der Waals surface area contributed by atoms with Gasteiger partial charge in [-0.3, -0.25) is 4.79 Å². The lowest BCUT2D eigenvalue weighted by Crippen LogP contribution is -2.26. The van der Waals surface area contributed by atoms with Gasteiger partial charge < -0.3 is 14.2 Å². The van der Waals surface area contributed by atoms with E-state index >= 15 is 0 Å². The van der Waals surface area contributed by atoms with Crippen molar-refractivity contribution >= 4 is 17.7 Å². The van der Waals surface area contributed by atoms with Crippen LogP contribution in [0.2, 0.25) is 0 Å². The fourth-order valence-corrected chi connectivity index (χ4v) is 4.17. The summed E-state index contributed by atoms with van der Waals surface area (Å²) < 4.78 is 45.9. The third kappa shape index (κ3) is 6.04. The summed E-state index contributed by atoms with van der Waals surface area (Å²) in [5.41, 5.74) is 3.07. The van der Waals surface area contributed by atoms with Crippen molar-refractivity contribution < 1.29 is 27.2 Å². The van der Waals surface area contributed by atoms with Gasteiger partial charge >= 0.3 is 6.36 Å². The van der Waals surface area contributed by atoms with Crippen LogP contribution in [0.1, 0.15) is 32.9 Å². The fourth-order valence-electron chi connectivity index (χ4n) is 2.97. The Kier molecular flexibility index (Phi) is 6.94. The summed E-state index contributed by atoms with van der Waals surface area (Å²) in [4.78, 5) is 15.4. The molecule has 0 spiro atoms. The molecule has 0 fully saturated rings. The van der Waals surface area contributed by atoms with Crippen LogP contribution in [-0.2, 0) is 12.3 Å². The average molecular weight is 450 g/mol. The van der Waals surface area contributed by atoms with Crippen LogP contribution in [0.25, 0.3) is 0 Å². The lowest BCUT2D eigenvalue weighted by atomic mass is 10.1. The van der Waals surface area contributed by atoms with E-state index in [1.165, 1.54) is 40.9 Å². The fraction of sp³-hybridized carbons (Fsp3) is 0.273. The van der Waals surface area contributed by atoms with Gasteiger partial charge in [-0.15, -0.1) is 24.9 Å². The number of nitrogens with zero attached hydrogens (tertiary/aromatic N) is 2. The molecule has 9 heteroatoms. The average Bonchev–Trinajstić information content (AvgIpc) is 3.04. The van der Waals surface area contributed by atoms with Gasteiger partial charge in [0, 0.05) is 29.8 Å². The number of hydrogen-bond acceptors (Lipinski definition) is 5. The SMILES string of the molecule is Cc1noc(C)c1CSc1ccccc1C(=O)N(C)Cc1ccc(OC(F)(F)F)cc1. The van der Waals surface area contributed by atoms with Gasteiger partial charge in [0.1, 0.15) is 11.5 Å². The molecular formula is C22H21F3N2O3S. The Morgan fingerprint density at radius 2 is 1.81 bits per heavy atom. The van der Waals surface area contributed by atoms with Crippen molar-refractivity contribution in [3.05, 3.63) is 76.7 Å². The Hall–Kier alpha value is -2.94. The molecule has 0 N–H and O–H groups in total. The van der Waals surface area contributed by atoms with E-state index in [0.717, 1.165) is 21.9 Å². The number of amides is 1. The number of ether oxygens (including phenoxy) is 1. The molecule has 0 aliphatic carbocycles. The Morgan fingerprint density at radius 3 is 2.42 bits per heavy atom. The van der Waals surface area contributed by atoms with E-state index in [1.807, 2.05) is 26.0 Å². The summed E-state index contributed by atoms with van der Waals surface area (Å²) in [6.07, 6.45) is -4.74. The number of alkyl halides is 3. The van der Waals surface area contributed by atoms with Gasteiger partial charge in [-0.05, 0) is 43.7 Å². The highest BCUT2D eigenvalue weighted by Gasteiger charge is 2.31. The van der Waals surface area contributed by atoms with E-state index in [9.17, 15) is 18.0 Å². The van der Waals surface area contributed by atoms with Gasteiger partial charge in [0.15, 0.2) is 0 Å². The van der Waals surface area contributed by atoms with Crippen molar-refractivity contribution in [2.24, 2.45) is 0 Å². The molecule has 0 atom stereocenters. The predicted molar refractivity (Wildman–Crippen MR) is 111 cm³/mol. The molecule has 0 saturated heterocycles. The van der Waals surface area contributed by atoms with Gasteiger partial charge in [-0.25, -0.2) is 0 Å². The van der Waals surface area contributed by atoms with Crippen molar-refractivity contribution in [3.63, 3.8) is 0 Å². The van der Waals surface area contributed by atoms with Gasteiger partial charge in [-0.1, -0.05) is 29.4 Å². The molecule has 5 nitrogen and oxygen atoms in total. The second kappa shape index (κ2) is 9.47. The smallest absolute Gasteiger partial charge is 0.406 e. The molecule has 0 aliphatic heterocycles. The van der Waals surface area contributed by atoms with Crippen LogP contribution in [-0.4, -0.2) is 29.4 Å². The summed E-state index contributed by atoms with van der Waals surface area (Å²) >= 11 is 1.52. The quantitative estimate of drug-likeness (QED) is 0.429. The number of rotatable bonds is 7. The molecule has 2 aromatic carbocycles. The molecule has 1 amide bonds. The first-order chi connectivity index (χ1) is 14.6. The van der Waals surface area contributed by atoms with Crippen LogP contribution < -0.4 is 4.74 Å². The van der Waals surface area contributed by atoms with Crippen LogP contribution in [0.3, 0.4) is 0 Å². The van der Waals surface area contributed by atoms with E-state index in [4.69, 9.17) is 4.52 Å². The summed E-state index contributed by atoms with van der Waals surface area (Å²) in [6.45, 7) is 3.97. The van der Waals surface area contributed by atoms with E-state index in [2.05, 4.69) is 9.89 Å². The maximum Gasteiger partial charge on any atom is 0.573 e. The van der Waals surface area contributed by atoms with Gasteiger partial charge in [0.2, 0.25) is 0 Å². The number of aryl methyl sites for hydroxylation is 2. The molecule has 0 aliphatic rings. The number of aromatic nitrogens is 1. The number of hydrogen-bond donors (Lipinski definition) is 0. The number of halogens is 3. The number of carbonyl (C=O) groups is 1. The lowest BCUT2D eigenvalue weighted by Gasteiger charge is -2.19. The van der Waals surface area contributed by atoms with Crippen LogP contribution >= 0.6 is 11.8 Å². The normalized spacial score (nSPS) is 11.4. The first-order valence-corrected chi connectivity index (χ1v) is 10.4. The predicted octanol–water partition coefficient (Wildman–Crippen LogP) is 5.75.